The Hall–Kier alpha value is -1.95. The van der Waals surface area contributed by atoms with Crippen molar-refractivity contribution < 1.29 is 22.7 Å². The minimum atomic E-state index is -4.12. The fourth-order valence-corrected chi connectivity index (χ4v) is 6.38. The van der Waals surface area contributed by atoms with Crippen molar-refractivity contribution in [1.82, 2.24) is 14.6 Å². The Bertz CT molecular complexity index is 1110. The molecule has 4 N–H and O–H groups in total. The summed E-state index contributed by atoms with van der Waals surface area (Å²) >= 11 is 3.34. The first-order chi connectivity index (χ1) is 14.8. The maximum Gasteiger partial charge on any atom is 0.266 e. The fraction of sp³-hybridized carbons (Fsp3) is 0.500. The van der Waals surface area contributed by atoms with Crippen molar-refractivity contribution in [2.24, 2.45) is 5.73 Å². The number of carbonyl (C=O) groups is 2. The first-order valence-electron chi connectivity index (χ1n) is 10.3. The number of H-pyrrole nitrogens is 1. The number of aromatic amines is 1. The molecular weight excluding hydrogens is 488 g/mol. The van der Waals surface area contributed by atoms with Crippen molar-refractivity contribution in [3.05, 3.63) is 28.4 Å². The van der Waals surface area contributed by atoms with Gasteiger partial charge in [0.2, 0.25) is 10.0 Å². The van der Waals surface area contributed by atoms with Crippen LogP contribution in [0.15, 0.2) is 27.6 Å². The molecule has 2 aliphatic rings. The number of sulfonamides is 1. The molecule has 31 heavy (non-hydrogen) atoms. The second kappa shape index (κ2) is 8.89. The highest BCUT2D eigenvalue weighted by Gasteiger charge is 2.38. The zero-order valence-corrected chi connectivity index (χ0v) is 19.3. The lowest BCUT2D eigenvalue weighted by Gasteiger charge is -2.33. The molecule has 1 aliphatic heterocycles. The summed E-state index contributed by atoms with van der Waals surface area (Å²) in [5, 5.41) is 3.35. The van der Waals surface area contributed by atoms with Gasteiger partial charge in [0, 0.05) is 34.5 Å². The number of nitrogens with zero attached hydrogens (tertiary/aromatic N) is 1. The first-order valence-corrected chi connectivity index (χ1v) is 12.5. The fourth-order valence-electron chi connectivity index (χ4n) is 4.25. The van der Waals surface area contributed by atoms with Gasteiger partial charge in [-0.05, 0) is 31.0 Å². The van der Waals surface area contributed by atoms with Crippen LogP contribution in [0.2, 0.25) is 0 Å². The minimum absolute atomic E-state index is 0.0778. The number of primary amides is 1. The highest BCUT2D eigenvalue weighted by Crippen LogP contribution is 2.32. The number of halogens is 1. The number of hydrogen-bond acceptors (Lipinski definition) is 5. The second-order valence-electron chi connectivity index (χ2n) is 7.95. The molecule has 2 heterocycles. The van der Waals surface area contributed by atoms with Gasteiger partial charge in [-0.3, -0.25) is 9.59 Å². The van der Waals surface area contributed by atoms with Crippen LogP contribution >= 0.6 is 15.9 Å². The summed E-state index contributed by atoms with van der Waals surface area (Å²) in [6.45, 7) is 0.0358. The van der Waals surface area contributed by atoms with Gasteiger partial charge in [0.25, 0.3) is 11.8 Å². The number of aromatic nitrogens is 1. The molecular formula is C20H25BrN4O5S. The van der Waals surface area contributed by atoms with Crippen LogP contribution in [0.5, 0.6) is 0 Å². The van der Waals surface area contributed by atoms with Crippen molar-refractivity contribution in [2.45, 2.75) is 49.1 Å². The van der Waals surface area contributed by atoms with Gasteiger partial charge in [0.1, 0.15) is 16.7 Å². The lowest BCUT2D eigenvalue weighted by Crippen LogP contribution is -2.53. The van der Waals surface area contributed by atoms with E-state index >= 15 is 0 Å². The monoisotopic (exact) mass is 512 g/mol. The van der Waals surface area contributed by atoms with E-state index in [1.165, 1.54) is 10.7 Å². The van der Waals surface area contributed by atoms with Crippen molar-refractivity contribution in [2.75, 3.05) is 19.7 Å². The number of morpholine rings is 1. The average Bonchev–Trinajstić information content (AvgIpc) is 3.14. The van der Waals surface area contributed by atoms with Gasteiger partial charge in [0.05, 0.1) is 6.61 Å². The van der Waals surface area contributed by atoms with E-state index < -0.39 is 22.0 Å². The smallest absolute Gasteiger partial charge is 0.266 e. The number of nitrogens with two attached hydrogens (primary N) is 1. The minimum Gasteiger partial charge on any atom is -0.366 e. The van der Waals surface area contributed by atoms with Crippen LogP contribution in [-0.2, 0) is 19.6 Å². The molecule has 1 aromatic carbocycles. The Morgan fingerprint density at radius 2 is 1.97 bits per heavy atom. The van der Waals surface area contributed by atoms with Gasteiger partial charge in [-0.25, -0.2) is 8.42 Å². The Kier molecular flexibility index (Phi) is 6.38. The summed E-state index contributed by atoms with van der Waals surface area (Å²) < 4.78 is 34.5. The normalized spacial score (nSPS) is 21.3. The maximum absolute atomic E-state index is 13.6. The number of ether oxygens (including phenoxy) is 1. The lowest BCUT2D eigenvalue weighted by molar-refractivity contribution is -0.137. The molecule has 1 aromatic heterocycles. The predicted octanol–water partition coefficient (Wildman–Crippen LogP) is 1.87. The molecule has 0 spiro atoms. The molecule has 1 saturated heterocycles. The van der Waals surface area contributed by atoms with Crippen molar-refractivity contribution in [1.29, 1.82) is 0 Å². The molecule has 1 aliphatic carbocycles. The number of hydrogen-bond donors (Lipinski definition) is 3. The van der Waals surface area contributed by atoms with Crippen LogP contribution in [0.1, 0.15) is 42.6 Å². The van der Waals surface area contributed by atoms with Crippen molar-refractivity contribution in [3.8, 4) is 0 Å². The summed E-state index contributed by atoms with van der Waals surface area (Å²) in [7, 11) is -4.12. The predicted molar refractivity (Wildman–Crippen MR) is 118 cm³/mol. The lowest BCUT2D eigenvalue weighted by atomic mass is 9.95. The highest BCUT2D eigenvalue weighted by molar-refractivity contribution is 9.10. The van der Waals surface area contributed by atoms with Crippen LogP contribution in [0.3, 0.4) is 0 Å². The molecule has 2 amide bonds. The molecule has 9 nitrogen and oxygen atoms in total. The van der Waals surface area contributed by atoms with Crippen molar-refractivity contribution in [3.63, 3.8) is 0 Å². The van der Waals surface area contributed by atoms with E-state index in [-0.39, 0.29) is 42.2 Å². The molecule has 1 atom stereocenters. The molecule has 4 rings (SSSR count). The summed E-state index contributed by atoms with van der Waals surface area (Å²) in [5.74, 6) is -1.17. The summed E-state index contributed by atoms with van der Waals surface area (Å²) in [6.07, 6.45) is 4.26. The van der Waals surface area contributed by atoms with Crippen molar-refractivity contribution >= 4 is 48.7 Å². The summed E-state index contributed by atoms with van der Waals surface area (Å²) in [6, 6.07) is 5.13. The molecule has 2 fully saturated rings. The van der Waals surface area contributed by atoms with Crippen LogP contribution < -0.4 is 11.1 Å². The number of fused-ring (bicyclic) bond motifs is 1. The van der Waals surface area contributed by atoms with Gasteiger partial charge in [-0.2, -0.15) is 4.31 Å². The molecule has 11 heteroatoms. The SMILES string of the molecule is NC(=O)c1[nH]c2ccc(Br)cc2c1S(=O)(=O)N1CCOC(C(=O)NC2CCCCC2)C1. The standard InChI is InChI=1S/C20H25BrN4O5S/c21-12-6-7-15-14(10-12)18(17(24-15)19(22)26)31(28,29)25-8-9-30-16(11-25)20(27)23-13-4-2-1-3-5-13/h6-7,10,13,16,24H,1-5,8-9,11H2,(H2,22,26)(H,23,27). The van der Waals surface area contributed by atoms with Crippen LogP contribution in [0.4, 0.5) is 0 Å². The molecule has 0 radical (unpaired) electrons. The third kappa shape index (κ3) is 4.50. The quantitative estimate of drug-likeness (QED) is 0.561. The van der Waals surface area contributed by atoms with E-state index in [1.807, 2.05) is 0 Å². The molecule has 1 unspecified atom stereocenters. The van der Waals surface area contributed by atoms with Crippen LogP contribution in [0, 0.1) is 0 Å². The molecule has 2 aromatic rings. The maximum atomic E-state index is 13.6. The van der Waals surface area contributed by atoms with E-state index in [0.717, 1.165) is 25.7 Å². The van der Waals surface area contributed by atoms with Gasteiger partial charge in [-0.15, -0.1) is 0 Å². The van der Waals surface area contributed by atoms with E-state index in [0.29, 0.717) is 15.4 Å². The van der Waals surface area contributed by atoms with Gasteiger partial charge < -0.3 is 20.8 Å². The molecule has 168 valence electrons. The zero-order chi connectivity index (χ0) is 22.2. The number of amides is 2. The van der Waals surface area contributed by atoms with Crippen LogP contribution in [-0.4, -0.2) is 61.4 Å². The number of carbonyl (C=O) groups excluding carboxylic acids is 2. The second-order valence-corrected chi connectivity index (χ2v) is 10.7. The summed E-state index contributed by atoms with van der Waals surface area (Å²) in [5.41, 5.74) is 5.77. The number of benzene rings is 1. The third-order valence-electron chi connectivity index (χ3n) is 5.83. The number of rotatable bonds is 5. The Morgan fingerprint density at radius 1 is 1.23 bits per heavy atom. The topological polar surface area (TPSA) is 135 Å². The molecule has 1 saturated carbocycles. The van der Waals surface area contributed by atoms with Gasteiger partial charge in [-0.1, -0.05) is 35.2 Å². The number of nitrogens with one attached hydrogen (secondary N) is 2. The highest BCUT2D eigenvalue weighted by atomic mass is 79.9. The van der Waals surface area contributed by atoms with E-state index in [9.17, 15) is 18.0 Å². The Labute approximate surface area is 188 Å². The zero-order valence-electron chi connectivity index (χ0n) is 16.9. The van der Waals surface area contributed by atoms with Crippen LogP contribution in [0.25, 0.3) is 10.9 Å². The summed E-state index contributed by atoms with van der Waals surface area (Å²) in [4.78, 5) is 27.4. The Balaban J connectivity index is 1.61. The largest absolute Gasteiger partial charge is 0.366 e. The van der Waals surface area contributed by atoms with E-state index in [2.05, 4.69) is 26.2 Å². The first kappa shape index (κ1) is 22.3. The van der Waals surface area contributed by atoms with E-state index in [4.69, 9.17) is 10.5 Å². The van der Waals surface area contributed by atoms with E-state index in [1.54, 1.807) is 18.2 Å². The average molecular weight is 513 g/mol. The van der Waals surface area contributed by atoms with Gasteiger partial charge in [0.15, 0.2) is 0 Å². The third-order valence-corrected chi connectivity index (χ3v) is 8.28. The molecule has 0 bridgehead atoms. The van der Waals surface area contributed by atoms with Gasteiger partial charge >= 0.3 is 0 Å². The Morgan fingerprint density at radius 3 is 2.68 bits per heavy atom.